The smallest absolute Gasteiger partial charge is 0.337 e. The Hall–Kier alpha value is -3.94. The van der Waals surface area contributed by atoms with Gasteiger partial charge in [-0.3, -0.25) is 9.78 Å². The number of aromatic carboxylic acids is 1. The molecular formula is C23H23N3O5. The number of hydrogen-bond acceptors (Lipinski definition) is 6. The molecule has 8 nitrogen and oxygen atoms in total. The van der Waals surface area contributed by atoms with E-state index in [-0.39, 0.29) is 17.5 Å². The molecule has 2 aromatic heterocycles. The summed E-state index contributed by atoms with van der Waals surface area (Å²) >= 11 is 0. The number of benzene rings is 1. The Morgan fingerprint density at radius 1 is 1.03 bits per heavy atom. The lowest BCUT2D eigenvalue weighted by molar-refractivity contribution is 0.0696. The van der Waals surface area contributed by atoms with E-state index in [1.165, 1.54) is 18.3 Å². The number of carboxylic acids is 1. The molecule has 0 aliphatic carbocycles. The van der Waals surface area contributed by atoms with Gasteiger partial charge >= 0.3 is 5.97 Å². The summed E-state index contributed by atoms with van der Waals surface area (Å²) in [5.41, 5.74) is 1.27. The standard InChI is InChI=1S/C23H23N3O5/c1-15(2)31-20-12-17(22(27)26-21-7-6-16(14-25-21)23(28)29)11-19(13-20)30-10-8-18-5-3-4-9-24-18/h3-7,9,11-15H,8,10H2,1-2H3,(H,28,29)(H,25,26,27). The maximum absolute atomic E-state index is 12.7. The zero-order chi connectivity index (χ0) is 22.2. The Bertz CT molecular complexity index is 1040. The van der Waals surface area contributed by atoms with Crippen molar-refractivity contribution in [3.05, 3.63) is 77.7 Å². The van der Waals surface area contributed by atoms with Gasteiger partial charge in [-0.25, -0.2) is 9.78 Å². The predicted molar refractivity (Wildman–Crippen MR) is 115 cm³/mol. The average Bonchev–Trinajstić information content (AvgIpc) is 2.74. The molecule has 2 heterocycles. The Morgan fingerprint density at radius 2 is 1.84 bits per heavy atom. The van der Waals surface area contributed by atoms with Crippen LogP contribution in [0.25, 0.3) is 0 Å². The number of nitrogens with zero attached hydrogens (tertiary/aromatic N) is 2. The van der Waals surface area contributed by atoms with Crippen molar-refractivity contribution in [2.75, 3.05) is 11.9 Å². The van der Waals surface area contributed by atoms with Gasteiger partial charge in [0.1, 0.15) is 17.3 Å². The fourth-order valence-electron chi connectivity index (χ4n) is 2.73. The van der Waals surface area contributed by atoms with Crippen molar-refractivity contribution >= 4 is 17.7 Å². The van der Waals surface area contributed by atoms with Crippen LogP contribution >= 0.6 is 0 Å². The first-order valence-corrected chi connectivity index (χ1v) is 9.76. The fourth-order valence-corrected chi connectivity index (χ4v) is 2.73. The summed E-state index contributed by atoms with van der Waals surface area (Å²) in [5, 5.41) is 11.6. The van der Waals surface area contributed by atoms with Crippen LogP contribution in [0.15, 0.2) is 60.9 Å². The van der Waals surface area contributed by atoms with Crippen LogP contribution in [0.1, 0.15) is 40.3 Å². The summed E-state index contributed by atoms with van der Waals surface area (Å²) < 4.78 is 11.6. The number of hydrogen-bond donors (Lipinski definition) is 2. The van der Waals surface area contributed by atoms with E-state index in [4.69, 9.17) is 14.6 Å². The van der Waals surface area contributed by atoms with E-state index >= 15 is 0 Å². The first kappa shape index (κ1) is 21.8. The minimum absolute atomic E-state index is 0.0360. The minimum Gasteiger partial charge on any atom is -0.493 e. The normalized spacial score (nSPS) is 10.5. The van der Waals surface area contributed by atoms with Gasteiger partial charge in [0.2, 0.25) is 0 Å². The van der Waals surface area contributed by atoms with Crippen LogP contribution in [-0.2, 0) is 6.42 Å². The van der Waals surface area contributed by atoms with E-state index in [9.17, 15) is 9.59 Å². The van der Waals surface area contributed by atoms with E-state index in [1.54, 1.807) is 24.4 Å². The van der Waals surface area contributed by atoms with Gasteiger partial charge in [-0.05, 0) is 50.2 Å². The molecule has 0 radical (unpaired) electrons. The fraction of sp³-hybridized carbons (Fsp3) is 0.217. The van der Waals surface area contributed by atoms with Gasteiger partial charge in [-0.1, -0.05) is 6.07 Å². The lowest BCUT2D eigenvalue weighted by atomic mass is 10.1. The molecule has 3 rings (SSSR count). The number of anilines is 1. The first-order valence-electron chi connectivity index (χ1n) is 9.76. The molecule has 1 aromatic carbocycles. The largest absolute Gasteiger partial charge is 0.493 e. The van der Waals surface area contributed by atoms with Crippen molar-refractivity contribution in [2.45, 2.75) is 26.4 Å². The summed E-state index contributed by atoms with van der Waals surface area (Å²) in [5.74, 6) is -0.267. The van der Waals surface area contributed by atoms with E-state index in [2.05, 4.69) is 15.3 Å². The molecule has 0 saturated carbocycles. The zero-order valence-corrected chi connectivity index (χ0v) is 17.2. The third-order valence-corrected chi connectivity index (χ3v) is 4.12. The van der Waals surface area contributed by atoms with Gasteiger partial charge in [-0.2, -0.15) is 0 Å². The molecular weight excluding hydrogens is 398 g/mol. The first-order chi connectivity index (χ1) is 14.9. The highest BCUT2D eigenvalue weighted by atomic mass is 16.5. The van der Waals surface area contributed by atoms with Crippen molar-refractivity contribution in [1.82, 2.24) is 9.97 Å². The number of ether oxygens (including phenoxy) is 2. The average molecular weight is 421 g/mol. The van der Waals surface area contributed by atoms with Crippen molar-refractivity contribution in [2.24, 2.45) is 0 Å². The van der Waals surface area contributed by atoms with Crippen LogP contribution in [0.3, 0.4) is 0 Å². The molecule has 8 heteroatoms. The summed E-state index contributed by atoms with van der Waals surface area (Å²) in [7, 11) is 0. The second-order valence-corrected chi connectivity index (χ2v) is 6.97. The molecule has 0 aliphatic heterocycles. The number of carboxylic acid groups (broad SMARTS) is 1. The zero-order valence-electron chi connectivity index (χ0n) is 17.2. The summed E-state index contributed by atoms with van der Waals surface area (Å²) in [4.78, 5) is 31.9. The number of aromatic nitrogens is 2. The molecule has 0 bridgehead atoms. The van der Waals surface area contributed by atoms with Crippen molar-refractivity contribution in [3.8, 4) is 11.5 Å². The third-order valence-electron chi connectivity index (χ3n) is 4.12. The van der Waals surface area contributed by atoms with Crippen LogP contribution < -0.4 is 14.8 Å². The lowest BCUT2D eigenvalue weighted by Crippen LogP contribution is -2.14. The van der Waals surface area contributed by atoms with Crippen LogP contribution in [0, 0.1) is 0 Å². The lowest BCUT2D eigenvalue weighted by Gasteiger charge is -2.14. The monoisotopic (exact) mass is 421 g/mol. The van der Waals surface area contributed by atoms with Crippen molar-refractivity contribution < 1.29 is 24.2 Å². The Balaban J connectivity index is 1.73. The number of rotatable bonds is 9. The Morgan fingerprint density at radius 3 is 2.48 bits per heavy atom. The van der Waals surface area contributed by atoms with Gasteiger partial charge in [0.15, 0.2) is 0 Å². The second-order valence-electron chi connectivity index (χ2n) is 6.97. The topological polar surface area (TPSA) is 111 Å². The highest BCUT2D eigenvalue weighted by Crippen LogP contribution is 2.25. The number of carbonyl (C=O) groups is 2. The molecule has 3 aromatic rings. The minimum atomic E-state index is -1.09. The maximum Gasteiger partial charge on any atom is 0.337 e. The van der Waals surface area contributed by atoms with Gasteiger partial charge in [-0.15, -0.1) is 0 Å². The summed E-state index contributed by atoms with van der Waals surface area (Å²) in [6.07, 6.45) is 3.45. The Kier molecular flexibility index (Phi) is 7.16. The summed E-state index contributed by atoms with van der Waals surface area (Å²) in [6, 6.07) is 13.5. The maximum atomic E-state index is 12.7. The van der Waals surface area contributed by atoms with E-state index < -0.39 is 11.9 Å². The molecule has 2 N–H and O–H groups in total. The number of carbonyl (C=O) groups excluding carboxylic acids is 1. The van der Waals surface area contributed by atoms with E-state index in [1.807, 2.05) is 32.0 Å². The quantitative estimate of drug-likeness (QED) is 0.540. The molecule has 0 atom stereocenters. The molecule has 0 unspecified atom stereocenters. The van der Waals surface area contributed by atoms with Crippen molar-refractivity contribution in [3.63, 3.8) is 0 Å². The van der Waals surface area contributed by atoms with Gasteiger partial charge in [0.25, 0.3) is 5.91 Å². The van der Waals surface area contributed by atoms with Crippen molar-refractivity contribution in [1.29, 1.82) is 0 Å². The SMILES string of the molecule is CC(C)Oc1cc(OCCc2ccccn2)cc(C(=O)Nc2ccc(C(=O)O)cn2)c1. The van der Waals surface area contributed by atoms with Crippen LogP contribution in [0.2, 0.25) is 0 Å². The van der Waals surface area contributed by atoms with Gasteiger partial charge in [0, 0.05) is 36.1 Å². The summed E-state index contributed by atoms with van der Waals surface area (Å²) in [6.45, 7) is 4.17. The van der Waals surface area contributed by atoms with E-state index in [0.29, 0.717) is 30.1 Å². The van der Waals surface area contributed by atoms with Crippen LogP contribution in [-0.4, -0.2) is 39.7 Å². The molecule has 0 fully saturated rings. The van der Waals surface area contributed by atoms with Crippen LogP contribution in [0.4, 0.5) is 5.82 Å². The highest BCUT2D eigenvalue weighted by Gasteiger charge is 2.13. The molecule has 0 aliphatic rings. The molecule has 0 spiro atoms. The highest BCUT2D eigenvalue weighted by molar-refractivity contribution is 6.04. The Labute approximate surface area is 179 Å². The molecule has 160 valence electrons. The van der Waals surface area contributed by atoms with E-state index in [0.717, 1.165) is 5.69 Å². The third kappa shape index (κ3) is 6.53. The molecule has 31 heavy (non-hydrogen) atoms. The predicted octanol–water partition coefficient (Wildman–Crippen LogP) is 3.84. The number of amides is 1. The molecule has 0 saturated heterocycles. The molecule has 1 amide bonds. The van der Waals surface area contributed by atoms with Gasteiger partial charge < -0.3 is 19.9 Å². The van der Waals surface area contributed by atoms with Crippen LogP contribution in [0.5, 0.6) is 11.5 Å². The number of pyridine rings is 2. The second kappa shape index (κ2) is 10.2. The number of nitrogens with one attached hydrogen (secondary N) is 1. The van der Waals surface area contributed by atoms with Gasteiger partial charge in [0.05, 0.1) is 18.3 Å².